The van der Waals surface area contributed by atoms with Crippen LogP contribution < -0.4 is 10.9 Å². The van der Waals surface area contributed by atoms with Gasteiger partial charge < -0.3 is 9.88 Å². The van der Waals surface area contributed by atoms with Gasteiger partial charge in [-0.1, -0.05) is 12.1 Å². The smallest absolute Gasteiger partial charge is 0.261 e. The minimum absolute atomic E-state index is 0.0239. The Hall–Kier alpha value is -3.48. The van der Waals surface area contributed by atoms with E-state index in [1.165, 1.54) is 0 Å². The Morgan fingerprint density at radius 1 is 1.14 bits per heavy atom. The maximum atomic E-state index is 12.6. The van der Waals surface area contributed by atoms with Gasteiger partial charge in [-0.2, -0.15) is 0 Å². The summed E-state index contributed by atoms with van der Waals surface area (Å²) in [6, 6.07) is 12.9. The van der Waals surface area contributed by atoms with Crippen molar-refractivity contribution in [3.8, 4) is 0 Å². The van der Waals surface area contributed by atoms with Crippen LogP contribution in [0.1, 0.15) is 28.4 Å². The van der Waals surface area contributed by atoms with Gasteiger partial charge in [-0.3, -0.25) is 14.2 Å². The number of benzene rings is 2. The number of carbonyl (C=O) groups is 1. The molecule has 0 aliphatic carbocycles. The van der Waals surface area contributed by atoms with E-state index in [4.69, 9.17) is 0 Å². The molecule has 1 N–H and O–H groups in total. The second-order valence-electron chi connectivity index (χ2n) is 7.08. The second-order valence-corrected chi connectivity index (χ2v) is 7.08. The number of aryl methyl sites for hydroxylation is 2. The van der Waals surface area contributed by atoms with E-state index in [1.54, 1.807) is 22.8 Å². The van der Waals surface area contributed by atoms with Crippen molar-refractivity contribution in [1.82, 2.24) is 24.4 Å². The molecule has 2 aromatic heterocycles. The Balaban J connectivity index is 1.42. The van der Waals surface area contributed by atoms with Crippen molar-refractivity contribution in [1.29, 1.82) is 0 Å². The van der Waals surface area contributed by atoms with E-state index in [0.29, 0.717) is 23.0 Å². The highest BCUT2D eigenvalue weighted by molar-refractivity contribution is 5.97. The van der Waals surface area contributed by atoms with Crippen LogP contribution in [-0.2, 0) is 26.6 Å². The van der Waals surface area contributed by atoms with Gasteiger partial charge in [0.15, 0.2) is 0 Å². The minimum Gasteiger partial charge on any atom is -0.345 e. The number of carbonyl (C=O) groups excluding carboxylic acids is 1. The molecule has 0 saturated carbocycles. The highest BCUT2D eigenvalue weighted by atomic mass is 16.1. The molecule has 0 saturated heterocycles. The first-order valence-corrected chi connectivity index (χ1v) is 9.34. The lowest BCUT2D eigenvalue weighted by Gasteiger charge is -2.08. The molecule has 140 valence electrons. The third-order valence-electron chi connectivity index (χ3n) is 5.37. The first kappa shape index (κ1) is 16.7. The van der Waals surface area contributed by atoms with Crippen LogP contribution in [0, 0.1) is 0 Å². The number of hydrogen-bond acceptors (Lipinski definition) is 4. The summed E-state index contributed by atoms with van der Waals surface area (Å²) in [7, 11) is 1.94. The third kappa shape index (κ3) is 2.58. The molecular formula is C21H19N5O2. The molecule has 0 fully saturated rings. The van der Waals surface area contributed by atoms with Crippen LogP contribution in [0.4, 0.5) is 0 Å². The first-order chi connectivity index (χ1) is 13.6. The Kier molecular flexibility index (Phi) is 3.75. The molecule has 7 heteroatoms. The van der Waals surface area contributed by atoms with E-state index >= 15 is 0 Å². The third-order valence-corrected chi connectivity index (χ3v) is 5.37. The average Bonchev–Trinajstić information content (AvgIpc) is 3.31. The summed E-state index contributed by atoms with van der Waals surface area (Å²) in [6.45, 7) is 1.04. The van der Waals surface area contributed by atoms with Crippen molar-refractivity contribution < 1.29 is 4.79 Å². The normalized spacial score (nSPS) is 13.2. The number of nitrogens with one attached hydrogen (secondary N) is 1. The molecule has 1 aliphatic heterocycles. The van der Waals surface area contributed by atoms with Crippen LogP contribution in [0.15, 0.2) is 47.3 Å². The van der Waals surface area contributed by atoms with Gasteiger partial charge in [-0.15, -0.1) is 0 Å². The lowest BCUT2D eigenvalue weighted by atomic mass is 10.1. The predicted molar refractivity (Wildman–Crippen MR) is 106 cm³/mol. The summed E-state index contributed by atoms with van der Waals surface area (Å²) in [6.07, 6.45) is 1.73. The number of fused-ring (bicyclic) bond motifs is 3. The number of aromatic nitrogens is 4. The van der Waals surface area contributed by atoms with Crippen molar-refractivity contribution in [2.75, 3.05) is 0 Å². The van der Waals surface area contributed by atoms with Crippen molar-refractivity contribution in [2.45, 2.75) is 25.9 Å². The maximum absolute atomic E-state index is 12.6. The summed E-state index contributed by atoms with van der Waals surface area (Å²) in [5.74, 6) is 1.37. The molecule has 2 aromatic carbocycles. The van der Waals surface area contributed by atoms with Crippen molar-refractivity contribution in [3.05, 3.63) is 70.0 Å². The maximum Gasteiger partial charge on any atom is 0.261 e. The zero-order valence-electron chi connectivity index (χ0n) is 15.5. The molecule has 1 amide bonds. The van der Waals surface area contributed by atoms with Gasteiger partial charge in [0, 0.05) is 25.6 Å². The number of imidazole rings is 1. The molecule has 3 heterocycles. The predicted octanol–water partition coefficient (Wildman–Crippen LogP) is 2.16. The lowest BCUT2D eigenvalue weighted by Crippen LogP contribution is -2.25. The molecule has 1 aliphatic rings. The summed E-state index contributed by atoms with van der Waals surface area (Å²) in [5.41, 5.74) is 2.97. The summed E-state index contributed by atoms with van der Waals surface area (Å²) >= 11 is 0. The van der Waals surface area contributed by atoms with Crippen LogP contribution in [0.2, 0.25) is 0 Å². The van der Waals surface area contributed by atoms with Crippen LogP contribution in [0.5, 0.6) is 0 Å². The van der Waals surface area contributed by atoms with Gasteiger partial charge in [0.05, 0.1) is 28.5 Å². The number of nitrogens with zero attached hydrogens (tertiary/aromatic N) is 4. The zero-order chi connectivity index (χ0) is 19.3. The Morgan fingerprint density at radius 2 is 2.00 bits per heavy atom. The Labute approximate surface area is 160 Å². The number of rotatable bonds is 3. The topological polar surface area (TPSA) is 81.8 Å². The van der Waals surface area contributed by atoms with Gasteiger partial charge in [0.1, 0.15) is 11.6 Å². The van der Waals surface area contributed by atoms with E-state index < -0.39 is 0 Å². The van der Waals surface area contributed by atoms with E-state index in [0.717, 1.165) is 42.1 Å². The molecule has 28 heavy (non-hydrogen) atoms. The molecule has 5 rings (SSSR count). The van der Waals surface area contributed by atoms with Crippen molar-refractivity contribution in [2.24, 2.45) is 7.05 Å². The molecule has 0 radical (unpaired) electrons. The standard InChI is InChI=1S/C21H19N5O2/c1-25-17-6-3-2-5-15(17)23-19(25)12-22-20(27)13-8-9-14-16(11-13)24-18-7-4-10-26(18)21(14)28/h2-3,5-6,8-9,11H,4,7,10,12H2,1H3,(H,22,27). The monoisotopic (exact) mass is 373 g/mol. The number of para-hydroxylation sites is 2. The molecular weight excluding hydrogens is 354 g/mol. The van der Waals surface area contributed by atoms with Crippen molar-refractivity contribution in [3.63, 3.8) is 0 Å². The first-order valence-electron chi connectivity index (χ1n) is 9.34. The van der Waals surface area contributed by atoms with Gasteiger partial charge in [-0.05, 0) is 36.8 Å². The molecule has 0 spiro atoms. The highest BCUT2D eigenvalue weighted by Gasteiger charge is 2.17. The van der Waals surface area contributed by atoms with Crippen LogP contribution in [0.25, 0.3) is 21.9 Å². The van der Waals surface area contributed by atoms with Gasteiger partial charge in [-0.25, -0.2) is 9.97 Å². The fraction of sp³-hybridized carbons (Fsp3) is 0.238. The average molecular weight is 373 g/mol. The van der Waals surface area contributed by atoms with Gasteiger partial charge in [0.2, 0.25) is 0 Å². The van der Waals surface area contributed by atoms with E-state index in [9.17, 15) is 9.59 Å². The molecule has 7 nitrogen and oxygen atoms in total. The largest absolute Gasteiger partial charge is 0.345 e. The minimum atomic E-state index is -0.212. The molecule has 4 aromatic rings. The number of amides is 1. The molecule has 0 unspecified atom stereocenters. The van der Waals surface area contributed by atoms with Crippen molar-refractivity contribution >= 4 is 27.8 Å². The fourth-order valence-electron chi connectivity index (χ4n) is 3.84. The van der Waals surface area contributed by atoms with Crippen LogP contribution >= 0.6 is 0 Å². The highest BCUT2D eigenvalue weighted by Crippen LogP contribution is 2.17. The lowest BCUT2D eigenvalue weighted by molar-refractivity contribution is 0.0949. The van der Waals surface area contributed by atoms with Gasteiger partial charge in [0.25, 0.3) is 11.5 Å². The molecule has 0 atom stereocenters. The van der Waals surface area contributed by atoms with E-state index in [-0.39, 0.29) is 11.5 Å². The Morgan fingerprint density at radius 3 is 2.86 bits per heavy atom. The van der Waals surface area contributed by atoms with Crippen LogP contribution in [0.3, 0.4) is 0 Å². The Bertz CT molecular complexity index is 1300. The SMILES string of the molecule is Cn1c(CNC(=O)c2ccc3c(=O)n4c(nc3c2)CCC4)nc2ccccc21. The fourth-order valence-corrected chi connectivity index (χ4v) is 3.84. The second kappa shape index (κ2) is 6.30. The molecule has 0 bridgehead atoms. The zero-order valence-corrected chi connectivity index (χ0v) is 15.5. The summed E-state index contributed by atoms with van der Waals surface area (Å²) in [5, 5.41) is 3.47. The van der Waals surface area contributed by atoms with E-state index in [2.05, 4.69) is 15.3 Å². The van der Waals surface area contributed by atoms with Gasteiger partial charge >= 0.3 is 0 Å². The van der Waals surface area contributed by atoms with Crippen LogP contribution in [-0.4, -0.2) is 25.0 Å². The quantitative estimate of drug-likeness (QED) is 0.597. The van der Waals surface area contributed by atoms with E-state index in [1.807, 2.05) is 35.9 Å². The summed E-state index contributed by atoms with van der Waals surface area (Å²) < 4.78 is 3.70. The summed E-state index contributed by atoms with van der Waals surface area (Å²) in [4.78, 5) is 34.4. The number of hydrogen-bond donors (Lipinski definition) is 1.